The molecule has 3 nitrogen and oxygen atoms in total. The second kappa shape index (κ2) is 4.81. The Hall–Kier alpha value is -1.21. The Morgan fingerprint density at radius 3 is 2.89 bits per heavy atom. The monoisotopic (exact) mass is 368 g/mol. The molecule has 0 N–H and O–H groups in total. The number of thiophene rings is 1. The molecule has 0 saturated carbocycles. The van der Waals surface area contributed by atoms with E-state index in [1.165, 1.54) is 0 Å². The molecule has 0 amide bonds. The van der Waals surface area contributed by atoms with E-state index >= 15 is 0 Å². The summed E-state index contributed by atoms with van der Waals surface area (Å²) in [6, 6.07) is 7.89. The van der Waals surface area contributed by atoms with Crippen LogP contribution in [0, 0.1) is 10.5 Å². The van der Waals surface area contributed by atoms with E-state index in [-0.39, 0.29) is 0 Å². The summed E-state index contributed by atoms with van der Waals surface area (Å²) in [6.45, 7) is 2.04. The summed E-state index contributed by atoms with van der Waals surface area (Å²) in [5.41, 5.74) is 2.13. The van der Waals surface area contributed by atoms with Gasteiger partial charge in [-0.15, -0.1) is 11.3 Å². The highest BCUT2D eigenvalue weighted by Crippen LogP contribution is 2.34. The maximum absolute atomic E-state index is 5.89. The van der Waals surface area contributed by atoms with Crippen molar-refractivity contribution >= 4 is 44.1 Å². The normalized spacial score (nSPS) is 10.8. The van der Waals surface area contributed by atoms with Crippen molar-refractivity contribution in [3.8, 4) is 11.6 Å². The first-order chi connectivity index (χ1) is 8.75. The third-order valence-electron chi connectivity index (χ3n) is 2.54. The lowest BCUT2D eigenvalue weighted by Crippen LogP contribution is -1.91. The molecule has 0 fully saturated rings. The molecule has 3 aromatic rings. The fourth-order valence-electron chi connectivity index (χ4n) is 1.65. The molecule has 0 aliphatic carbocycles. The zero-order chi connectivity index (χ0) is 12.5. The zero-order valence-corrected chi connectivity index (χ0v) is 12.5. The lowest BCUT2D eigenvalue weighted by molar-refractivity contribution is 0.466. The number of aromatic nitrogens is 2. The molecule has 0 unspecified atom stereocenters. The SMILES string of the molecule is Cc1csc2c(Oc3ccccc3I)ncnc12. The number of halogens is 1. The van der Waals surface area contributed by atoms with Gasteiger partial charge in [0.15, 0.2) is 0 Å². The standard InChI is InChI=1S/C13H9IN2OS/c1-8-6-18-12-11(8)15-7-16-13(12)17-10-5-3-2-4-9(10)14/h2-7H,1H3. The minimum absolute atomic E-state index is 0.627. The quantitative estimate of drug-likeness (QED) is 0.629. The molecule has 90 valence electrons. The summed E-state index contributed by atoms with van der Waals surface area (Å²) in [5.74, 6) is 1.45. The number of hydrogen-bond donors (Lipinski definition) is 0. The van der Waals surface area contributed by atoms with Crippen molar-refractivity contribution in [3.63, 3.8) is 0 Å². The molecule has 2 heterocycles. The summed E-state index contributed by atoms with van der Waals surface area (Å²) in [7, 11) is 0. The van der Waals surface area contributed by atoms with Crippen molar-refractivity contribution in [1.29, 1.82) is 0 Å². The number of para-hydroxylation sites is 1. The van der Waals surface area contributed by atoms with E-state index in [1.54, 1.807) is 17.7 Å². The van der Waals surface area contributed by atoms with Gasteiger partial charge in [-0.1, -0.05) is 12.1 Å². The molecular weight excluding hydrogens is 359 g/mol. The number of ether oxygens (including phenoxy) is 1. The summed E-state index contributed by atoms with van der Waals surface area (Å²) in [4.78, 5) is 8.51. The predicted octanol–water partition coefficient (Wildman–Crippen LogP) is 4.40. The Morgan fingerprint density at radius 1 is 1.22 bits per heavy atom. The van der Waals surface area contributed by atoms with Crippen LogP contribution < -0.4 is 4.74 Å². The van der Waals surface area contributed by atoms with Crippen LogP contribution >= 0.6 is 33.9 Å². The Morgan fingerprint density at radius 2 is 2.06 bits per heavy atom. The third kappa shape index (κ3) is 2.08. The molecule has 0 spiro atoms. The first kappa shape index (κ1) is 11.9. The van der Waals surface area contributed by atoms with Crippen molar-refractivity contribution in [3.05, 3.63) is 45.1 Å². The highest BCUT2D eigenvalue weighted by molar-refractivity contribution is 14.1. The van der Waals surface area contributed by atoms with Gasteiger partial charge in [0, 0.05) is 0 Å². The predicted molar refractivity (Wildman–Crippen MR) is 81.4 cm³/mol. The highest BCUT2D eigenvalue weighted by Gasteiger charge is 2.11. The number of aryl methyl sites for hydroxylation is 1. The first-order valence-corrected chi connectivity index (χ1v) is 7.33. The molecule has 0 atom stereocenters. The van der Waals surface area contributed by atoms with Crippen molar-refractivity contribution in [2.75, 3.05) is 0 Å². The van der Waals surface area contributed by atoms with Crippen molar-refractivity contribution in [2.24, 2.45) is 0 Å². The van der Waals surface area contributed by atoms with Crippen LogP contribution in [-0.2, 0) is 0 Å². The number of hydrogen-bond acceptors (Lipinski definition) is 4. The maximum Gasteiger partial charge on any atom is 0.240 e. The second-order valence-corrected chi connectivity index (χ2v) is 5.85. The molecule has 18 heavy (non-hydrogen) atoms. The van der Waals surface area contributed by atoms with Crippen LogP contribution in [0.25, 0.3) is 10.2 Å². The smallest absolute Gasteiger partial charge is 0.240 e. The lowest BCUT2D eigenvalue weighted by Gasteiger charge is -2.06. The molecule has 5 heteroatoms. The number of benzene rings is 1. The topological polar surface area (TPSA) is 35.0 Å². The summed E-state index contributed by atoms with van der Waals surface area (Å²) in [5, 5.41) is 2.07. The van der Waals surface area contributed by atoms with Gasteiger partial charge < -0.3 is 4.74 Å². The molecule has 0 aliphatic rings. The number of fused-ring (bicyclic) bond motifs is 1. The Kier molecular flexibility index (Phi) is 3.17. The van der Waals surface area contributed by atoms with E-state index in [0.29, 0.717) is 5.88 Å². The van der Waals surface area contributed by atoms with Gasteiger partial charge in [-0.25, -0.2) is 9.97 Å². The van der Waals surface area contributed by atoms with Gasteiger partial charge in [0.25, 0.3) is 0 Å². The van der Waals surface area contributed by atoms with Crippen LogP contribution in [0.4, 0.5) is 0 Å². The Balaban J connectivity index is 2.08. The lowest BCUT2D eigenvalue weighted by atomic mass is 10.3. The van der Waals surface area contributed by atoms with Gasteiger partial charge in [-0.2, -0.15) is 0 Å². The Bertz CT molecular complexity index is 711. The molecular formula is C13H9IN2OS. The molecule has 0 aliphatic heterocycles. The van der Waals surface area contributed by atoms with Gasteiger partial charge in [0.1, 0.15) is 16.8 Å². The van der Waals surface area contributed by atoms with Crippen LogP contribution in [0.1, 0.15) is 5.56 Å². The second-order valence-electron chi connectivity index (χ2n) is 3.81. The van der Waals surface area contributed by atoms with E-state index < -0.39 is 0 Å². The summed E-state index contributed by atoms with van der Waals surface area (Å²) in [6.07, 6.45) is 1.55. The third-order valence-corrected chi connectivity index (χ3v) is 4.51. The Labute approximate surface area is 122 Å². The molecule has 0 saturated heterocycles. The van der Waals surface area contributed by atoms with Crippen LogP contribution in [0.15, 0.2) is 36.0 Å². The minimum Gasteiger partial charge on any atom is -0.436 e. The maximum atomic E-state index is 5.89. The van der Waals surface area contributed by atoms with E-state index in [2.05, 4.69) is 37.9 Å². The molecule has 1 aromatic carbocycles. The van der Waals surface area contributed by atoms with Gasteiger partial charge >= 0.3 is 0 Å². The van der Waals surface area contributed by atoms with Gasteiger partial charge in [-0.05, 0) is 52.6 Å². The van der Waals surface area contributed by atoms with Crippen molar-refractivity contribution in [1.82, 2.24) is 9.97 Å². The van der Waals surface area contributed by atoms with Gasteiger partial charge in [0.2, 0.25) is 5.88 Å². The summed E-state index contributed by atoms with van der Waals surface area (Å²) >= 11 is 3.86. The van der Waals surface area contributed by atoms with E-state index in [0.717, 1.165) is 25.1 Å². The average molecular weight is 368 g/mol. The van der Waals surface area contributed by atoms with Gasteiger partial charge in [0.05, 0.1) is 9.09 Å². The molecule has 2 aromatic heterocycles. The van der Waals surface area contributed by atoms with Crippen LogP contribution in [0.5, 0.6) is 11.6 Å². The van der Waals surface area contributed by atoms with E-state index in [1.807, 2.05) is 31.2 Å². The first-order valence-electron chi connectivity index (χ1n) is 5.37. The van der Waals surface area contributed by atoms with Crippen molar-refractivity contribution in [2.45, 2.75) is 6.92 Å². The van der Waals surface area contributed by atoms with E-state index in [9.17, 15) is 0 Å². The molecule has 0 bridgehead atoms. The van der Waals surface area contributed by atoms with Crippen LogP contribution in [0.2, 0.25) is 0 Å². The fourth-order valence-corrected chi connectivity index (χ4v) is 3.08. The van der Waals surface area contributed by atoms with E-state index in [4.69, 9.17) is 4.74 Å². The largest absolute Gasteiger partial charge is 0.436 e. The summed E-state index contributed by atoms with van der Waals surface area (Å²) < 4.78 is 7.95. The molecule has 0 radical (unpaired) electrons. The van der Waals surface area contributed by atoms with Crippen molar-refractivity contribution < 1.29 is 4.74 Å². The highest BCUT2D eigenvalue weighted by atomic mass is 127. The minimum atomic E-state index is 0.627. The number of rotatable bonds is 2. The fraction of sp³-hybridized carbons (Fsp3) is 0.0769. The van der Waals surface area contributed by atoms with Crippen LogP contribution in [0.3, 0.4) is 0 Å². The zero-order valence-electron chi connectivity index (χ0n) is 9.55. The van der Waals surface area contributed by atoms with Gasteiger partial charge in [-0.3, -0.25) is 0 Å². The average Bonchev–Trinajstić information content (AvgIpc) is 2.76. The molecule has 3 rings (SSSR count). The van der Waals surface area contributed by atoms with Crippen LogP contribution in [-0.4, -0.2) is 9.97 Å². The number of nitrogens with zero attached hydrogens (tertiary/aromatic N) is 2.